The van der Waals surface area contributed by atoms with E-state index in [1.807, 2.05) is 41.4 Å². The molecule has 0 aliphatic carbocycles. The molecule has 210 valence electrons. The molecule has 2 aliphatic rings. The lowest BCUT2D eigenvalue weighted by Gasteiger charge is -2.33. The van der Waals surface area contributed by atoms with E-state index >= 15 is 0 Å². The van der Waals surface area contributed by atoms with Crippen molar-refractivity contribution in [3.05, 3.63) is 95.2 Å². The molecule has 0 saturated heterocycles. The zero-order valence-corrected chi connectivity index (χ0v) is 23.0. The number of rotatable bonds is 12. The molecule has 0 radical (unpaired) electrons. The van der Waals surface area contributed by atoms with Gasteiger partial charge in [0.05, 0.1) is 42.8 Å². The number of sulfone groups is 1. The Hall–Kier alpha value is -4.20. The Bertz CT molecular complexity index is 1610. The molecule has 4 N–H and O–H groups in total. The number of hydrogen-bond donors (Lipinski definition) is 4. The molecule has 3 aromatic rings. The summed E-state index contributed by atoms with van der Waals surface area (Å²) in [5.41, 5.74) is 4.15. The molecule has 0 fully saturated rings. The summed E-state index contributed by atoms with van der Waals surface area (Å²) in [5.74, 6) is 1.12. The van der Waals surface area contributed by atoms with Crippen molar-refractivity contribution in [3.8, 4) is 0 Å². The summed E-state index contributed by atoms with van der Waals surface area (Å²) in [7, 11) is -1.45. The molecule has 0 atom stereocenters. The smallest absolute Gasteiger partial charge is 0.148 e. The number of aromatic amines is 1. The van der Waals surface area contributed by atoms with Crippen molar-refractivity contribution in [2.45, 2.75) is 6.54 Å². The van der Waals surface area contributed by atoms with Gasteiger partial charge in [-0.1, -0.05) is 12.1 Å². The number of aliphatic imine (C=N–C) groups is 1. The summed E-state index contributed by atoms with van der Waals surface area (Å²) in [4.78, 5) is 12.3. The van der Waals surface area contributed by atoms with Gasteiger partial charge in [0.1, 0.15) is 27.3 Å². The zero-order valence-electron chi connectivity index (χ0n) is 22.2. The highest BCUT2D eigenvalue weighted by Crippen LogP contribution is 2.33. The standard InChI is InChI=1S/C27H31FN8O3S/c1-39-36-17-25-23(14-26(36)30-9-8-29-10-11-40(2,37)38)27(32-18-31-25)35(16-19-4-3-5-21(28)12-19)22-6-7-24-20(13-22)15-33-34-24/h3-7,12-15,17-18,29-30H,8-11,16H2,1-2H3,(H,31,32)(H,33,34). The first-order valence-electron chi connectivity index (χ1n) is 12.7. The van der Waals surface area contributed by atoms with Crippen molar-refractivity contribution in [1.29, 1.82) is 0 Å². The Morgan fingerprint density at radius 3 is 2.83 bits per heavy atom. The van der Waals surface area contributed by atoms with Crippen molar-refractivity contribution < 1.29 is 17.6 Å². The van der Waals surface area contributed by atoms with Crippen LogP contribution in [0.25, 0.3) is 10.9 Å². The van der Waals surface area contributed by atoms with E-state index in [0.717, 1.165) is 33.4 Å². The van der Waals surface area contributed by atoms with Crippen LogP contribution in [0.5, 0.6) is 0 Å². The Balaban J connectivity index is 1.46. The van der Waals surface area contributed by atoms with Crippen molar-refractivity contribution in [1.82, 2.24) is 31.2 Å². The summed E-state index contributed by atoms with van der Waals surface area (Å²) < 4.78 is 36.8. The summed E-state index contributed by atoms with van der Waals surface area (Å²) in [6.07, 6.45) is 8.35. The number of benzene rings is 2. The van der Waals surface area contributed by atoms with Gasteiger partial charge in [-0.3, -0.25) is 9.94 Å². The number of halogens is 1. The molecule has 40 heavy (non-hydrogen) atoms. The maximum atomic E-state index is 14.1. The highest BCUT2D eigenvalue weighted by molar-refractivity contribution is 7.90. The van der Waals surface area contributed by atoms with Gasteiger partial charge in [0.15, 0.2) is 0 Å². The van der Waals surface area contributed by atoms with E-state index in [2.05, 4.69) is 26.1 Å². The Morgan fingerprint density at radius 2 is 2.02 bits per heavy atom. The third kappa shape index (κ3) is 6.50. The van der Waals surface area contributed by atoms with Gasteiger partial charge >= 0.3 is 0 Å². The third-order valence-electron chi connectivity index (χ3n) is 6.38. The molecular formula is C27H31FN8O3S. The molecular weight excluding hydrogens is 535 g/mol. The third-order valence-corrected chi connectivity index (χ3v) is 7.32. The molecule has 13 heteroatoms. The molecule has 0 unspecified atom stereocenters. The van der Waals surface area contributed by atoms with E-state index in [-0.39, 0.29) is 11.6 Å². The molecule has 0 bridgehead atoms. The quantitative estimate of drug-likeness (QED) is 0.244. The van der Waals surface area contributed by atoms with Crippen LogP contribution >= 0.6 is 0 Å². The molecule has 2 aliphatic heterocycles. The molecule has 0 amide bonds. The molecule has 1 aromatic heterocycles. The largest absolute Gasteiger partial charge is 0.368 e. The number of H-pyrrole nitrogens is 1. The van der Waals surface area contributed by atoms with Crippen LogP contribution in [0.4, 0.5) is 10.1 Å². The first-order valence-corrected chi connectivity index (χ1v) is 14.7. The minimum Gasteiger partial charge on any atom is -0.368 e. The lowest BCUT2D eigenvalue weighted by Crippen LogP contribution is -2.38. The maximum Gasteiger partial charge on any atom is 0.148 e. The summed E-state index contributed by atoms with van der Waals surface area (Å²) in [6, 6.07) is 12.5. The van der Waals surface area contributed by atoms with E-state index in [1.165, 1.54) is 18.4 Å². The first-order chi connectivity index (χ1) is 19.3. The van der Waals surface area contributed by atoms with Crippen LogP contribution in [0.15, 0.2) is 88.8 Å². The van der Waals surface area contributed by atoms with E-state index in [9.17, 15) is 12.8 Å². The Labute approximate surface area is 232 Å². The van der Waals surface area contributed by atoms with Gasteiger partial charge in [0, 0.05) is 49.1 Å². The normalized spacial score (nSPS) is 15.0. The van der Waals surface area contributed by atoms with Crippen molar-refractivity contribution in [2.24, 2.45) is 4.99 Å². The van der Waals surface area contributed by atoms with Gasteiger partial charge in [-0.05, 0) is 42.0 Å². The predicted octanol–water partition coefficient (Wildman–Crippen LogP) is 2.34. The van der Waals surface area contributed by atoms with Crippen LogP contribution in [-0.2, 0) is 21.2 Å². The number of anilines is 1. The van der Waals surface area contributed by atoms with E-state index < -0.39 is 9.84 Å². The molecule has 11 nitrogen and oxygen atoms in total. The van der Waals surface area contributed by atoms with Gasteiger partial charge in [0.2, 0.25) is 0 Å². The lowest BCUT2D eigenvalue weighted by molar-refractivity contribution is -0.0641. The highest BCUT2D eigenvalue weighted by Gasteiger charge is 2.26. The maximum absolute atomic E-state index is 14.1. The zero-order chi connectivity index (χ0) is 28.1. The summed E-state index contributed by atoms with van der Waals surface area (Å²) in [5, 5.41) is 19.3. The topological polar surface area (TPSA) is 127 Å². The van der Waals surface area contributed by atoms with Crippen LogP contribution in [0.2, 0.25) is 0 Å². The molecule has 0 saturated carbocycles. The van der Waals surface area contributed by atoms with E-state index in [0.29, 0.717) is 37.8 Å². The Morgan fingerprint density at radius 1 is 1.15 bits per heavy atom. The average molecular weight is 567 g/mol. The van der Waals surface area contributed by atoms with Crippen LogP contribution in [-0.4, -0.2) is 68.8 Å². The van der Waals surface area contributed by atoms with Crippen molar-refractivity contribution >= 4 is 32.8 Å². The van der Waals surface area contributed by atoms with Gasteiger partial charge in [0.25, 0.3) is 0 Å². The fourth-order valence-electron chi connectivity index (χ4n) is 4.43. The minimum absolute atomic E-state index is 0.0810. The fraction of sp³-hybridized carbons (Fsp3) is 0.259. The number of aromatic nitrogens is 2. The van der Waals surface area contributed by atoms with E-state index in [1.54, 1.807) is 30.8 Å². The van der Waals surface area contributed by atoms with Crippen LogP contribution in [0, 0.1) is 5.82 Å². The van der Waals surface area contributed by atoms with Crippen LogP contribution in [0.3, 0.4) is 0 Å². The second-order valence-electron chi connectivity index (χ2n) is 9.38. The van der Waals surface area contributed by atoms with Gasteiger partial charge < -0.3 is 20.9 Å². The summed E-state index contributed by atoms with van der Waals surface area (Å²) >= 11 is 0. The lowest BCUT2D eigenvalue weighted by atomic mass is 10.1. The molecule has 3 heterocycles. The number of fused-ring (bicyclic) bond motifs is 2. The number of nitrogens with zero attached hydrogens (tertiary/aromatic N) is 4. The summed E-state index contributed by atoms with van der Waals surface area (Å²) in [6.45, 7) is 1.84. The minimum atomic E-state index is -3.02. The number of hydrogen-bond acceptors (Lipinski definition) is 10. The van der Waals surface area contributed by atoms with Crippen LogP contribution in [0.1, 0.15) is 5.56 Å². The monoisotopic (exact) mass is 566 g/mol. The Kier molecular flexibility index (Phi) is 8.14. The molecule has 2 aromatic carbocycles. The molecule has 5 rings (SSSR count). The van der Waals surface area contributed by atoms with Crippen molar-refractivity contribution in [2.75, 3.05) is 43.7 Å². The van der Waals surface area contributed by atoms with Gasteiger partial charge in [-0.25, -0.2) is 22.9 Å². The fourth-order valence-corrected chi connectivity index (χ4v) is 4.94. The average Bonchev–Trinajstić information content (AvgIpc) is 3.40. The van der Waals surface area contributed by atoms with Crippen molar-refractivity contribution in [3.63, 3.8) is 0 Å². The second kappa shape index (κ2) is 11.9. The van der Waals surface area contributed by atoms with Gasteiger partial charge in [-0.15, -0.1) is 0 Å². The first kappa shape index (κ1) is 27.4. The second-order valence-corrected chi connectivity index (χ2v) is 11.6. The van der Waals surface area contributed by atoms with Crippen LogP contribution < -0.4 is 20.9 Å². The van der Waals surface area contributed by atoms with E-state index in [4.69, 9.17) is 9.83 Å². The predicted molar refractivity (Wildman–Crippen MR) is 153 cm³/mol. The number of hydroxylamine groups is 2. The SMILES string of the molecule is CON1C=C2NC=NC(N(Cc3cccc(F)c3)c3ccc4[nH]ncc4c3)=C2C=C1NCCNCCS(C)(=O)=O. The van der Waals surface area contributed by atoms with Gasteiger partial charge in [-0.2, -0.15) is 5.10 Å². The highest BCUT2D eigenvalue weighted by atomic mass is 32.2. The molecule has 0 spiro atoms. The number of allylic oxidation sites excluding steroid dienone is 1. The number of nitrogens with one attached hydrogen (secondary N) is 4.